The monoisotopic (exact) mass is 474 g/mol. The van der Waals surface area contributed by atoms with Gasteiger partial charge in [0.25, 0.3) is 11.8 Å². The Labute approximate surface area is 201 Å². The number of hydrogen-bond acceptors (Lipinski definition) is 7. The summed E-state index contributed by atoms with van der Waals surface area (Å²) in [6.45, 7) is 3.51. The Bertz CT molecular complexity index is 1270. The number of anilines is 2. The molecule has 3 aromatic carbocycles. The zero-order valence-corrected chi connectivity index (χ0v) is 19.3. The minimum atomic E-state index is -0.538. The summed E-state index contributed by atoms with van der Waals surface area (Å²) in [4.78, 5) is 41.0. The Morgan fingerprint density at radius 2 is 1.65 bits per heavy atom. The Morgan fingerprint density at radius 3 is 2.29 bits per heavy atom. The molecule has 0 aromatic heterocycles. The molecule has 0 spiro atoms. The van der Waals surface area contributed by atoms with Gasteiger partial charge in [-0.05, 0) is 62.4 Å². The molecule has 0 aliphatic carbocycles. The van der Waals surface area contributed by atoms with Crippen molar-refractivity contribution < 1.29 is 24.2 Å². The third kappa shape index (κ3) is 4.97. The molecule has 0 bridgehead atoms. The van der Waals surface area contributed by atoms with Crippen LogP contribution in [0.25, 0.3) is 0 Å². The van der Waals surface area contributed by atoms with Crippen molar-refractivity contribution in [2.45, 2.75) is 24.8 Å². The summed E-state index contributed by atoms with van der Waals surface area (Å²) in [5.41, 5.74) is 1.22. The molecular weight excluding hydrogens is 452 g/mol. The van der Waals surface area contributed by atoms with Crippen LogP contribution in [0.15, 0.2) is 94.4 Å². The first kappa shape index (κ1) is 23.1. The number of benzene rings is 3. The Kier molecular flexibility index (Phi) is 6.70. The fourth-order valence-electron chi connectivity index (χ4n) is 3.31. The highest BCUT2D eigenvalue weighted by Crippen LogP contribution is 2.38. The zero-order valence-electron chi connectivity index (χ0n) is 18.5. The molecule has 172 valence electrons. The van der Waals surface area contributed by atoms with Gasteiger partial charge < -0.3 is 15.2 Å². The molecule has 0 unspecified atom stereocenters. The topological polar surface area (TPSA) is 95.9 Å². The molecule has 0 radical (unpaired) electrons. The molecule has 7 nitrogen and oxygen atoms in total. The number of aromatic hydroxyl groups is 1. The second-order valence-corrected chi connectivity index (χ2v) is 8.82. The molecular formula is C26H22N2O5S. The van der Waals surface area contributed by atoms with Crippen LogP contribution in [-0.2, 0) is 14.3 Å². The highest BCUT2D eigenvalue weighted by atomic mass is 32.2. The number of hydrogen-bond donors (Lipinski definition) is 2. The number of ether oxygens (including phenoxy) is 1. The lowest BCUT2D eigenvalue weighted by Gasteiger charge is -2.16. The number of thioether (sulfide) groups is 1. The number of carbonyl (C=O) groups is 3. The van der Waals surface area contributed by atoms with Crippen molar-refractivity contribution in [3.8, 4) is 5.75 Å². The summed E-state index contributed by atoms with van der Waals surface area (Å²) in [5, 5.41) is 12.8. The molecule has 0 saturated carbocycles. The van der Waals surface area contributed by atoms with E-state index >= 15 is 0 Å². The fourth-order valence-corrected chi connectivity index (χ4v) is 4.26. The van der Waals surface area contributed by atoms with E-state index in [1.54, 1.807) is 26.0 Å². The van der Waals surface area contributed by atoms with Gasteiger partial charge in [0.05, 0.1) is 17.4 Å². The van der Waals surface area contributed by atoms with E-state index in [1.165, 1.54) is 48.2 Å². The third-order valence-electron chi connectivity index (χ3n) is 4.82. The van der Waals surface area contributed by atoms with Crippen molar-refractivity contribution in [2.24, 2.45) is 0 Å². The van der Waals surface area contributed by atoms with Crippen LogP contribution in [0.4, 0.5) is 11.4 Å². The van der Waals surface area contributed by atoms with Gasteiger partial charge in [-0.2, -0.15) is 0 Å². The van der Waals surface area contributed by atoms with Crippen LogP contribution in [0.1, 0.15) is 24.2 Å². The van der Waals surface area contributed by atoms with Crippen LogP contribution in [-0.4, -0.2) is 29.0 Å². The normalized spacial score (nSPS) is 13.6. The van der Waals surface area contributed by atoms with Crippen molar-refractivity contribution in [2.75, 3.05) is 10.2 Å². The minimum absolute atomic E-state index is 0.0281. The van der Waals surface area contributed by atoms with Crippen molar-refractivity contribution >= 4 is 40.9 Å². The van der Waals surface area contributed by atoms with Gasteiger partial charge in [-0.3, -0.25) is 9.59 Å². The summed E-state index contributed by atoms with van der Waals surface area (Å²) in [7, 11) is 0. The predicted molar refractivity (Wildman–Crippen MR) is 131 cm³/mol. The second-order valence-electron chi connectivity index (χ2n) is 7.74. The minimum Gasteiger partial charge on any atom is -0.508 e. The van der Waals surface area contributed by atoms with Gasteiger partial charge in [0.2, 0.25) is 0 Å². The lowest BCUT2D eigenvalue weighted by atomic mass is 10.2. The maximum absolute atomic E-state index is 13.4. The van der Waals surface area contributed by atoms with Gasteiger partial charge in [-0.1, -0.05) is 36.0 Å². The summed E-state index contributed by atoms with van der Waals surface area (Å²) in [6, 6.07) is 21.7. The summed E-state index contributed by atoms with van der Waals surface area (Å²) in [6.07, 6.45) is -0.262. The van der Waals surface area contributed by atoms with E-state index in [4.69, 9.17) is 4.74 Å². The van der Waals surface area contributed by atoms with Gasteiger partial charge in [-0.25, -0.2) is 9.69 Å². The average molecular weight is 475 g/mol. The van der Waals surface area contributed by atoms with Crippen LogP contribution in [0, 0.1) is 0 Å². The summed E-state index contributed by atoms with van der Waals surface area (Å²) in [5.74, 6) is -1.48. The molecule has 0 fully saturated rings. The largest absolute Gasteiger partial charge is 0.508 e. The number of imide groups is 1. The lowest BCUT2D eigenvalue weighted by Crippen LogP contribution is -2.32. The Morgan fingerprint density at radius 1 is 0.941 bits per heavy atom. The van der Waals surface area contributed by atoms with E-state index in [1.807, 2.05) is 30.3 Å². The third-order valence-corrected chi connectivity index (χ3v) is 5.91. The number of carbonyl (C=O) groups excluding carboxylic acids is 3. The Balaban J connectivity index is 1.67. The number of esters is 1. The van der Waals surface area contributed by atoms with Gasteiger partial charge in [0.15, 0.2) is 0 Å². The Hall–Kier alpha value is -4.04. The highest BCUT2D eigenvalue weighted by Gasteiger charge is 2.40. The average Bonchev–Trinajstić information content (AvgIpc) is 3.03. The molecule has 4 rings (SSSR count). The summed E-state index contributed by atoms with van der Waals surface area (Å²) >= 11 is 1.18. The van der Waals surface area contributed by atoms with Crippen LogP contribution < -0.4 is 10.2 Å². The van der Waals surface area contributed by atoms with Crippen LogP contribution >= 0.6 is 11.8 Å². The van der Waals surface area contributed by atoms with Crippen molar-refractivity contribution in [3.05, 3.63) is 95.0 Å². The van der Waals surface area contributed by atoms with Crippen LogP contribution in [0.5, 0.6) is 5.75 Å². The van der Waals surface area contributed by atoms with E-state index in [2.05, 4.69) is 5.32 Å². The standard InChI is InChI=1S/C26H22N2O5S/c1-16(2)33-26(32)17-11-13-19(14-12-17)28-24(30)22(27-18-7-6-8-20(29)15-18)23(25(28)31)34-21-9-4-3-5-10-21/h3-16,27,29H,1-2H3. The van der Waals surface area contributed by atoms with Gasteiger partial charge in [0, 0.05) is 16.6 Å². The molecule has 2 N–H and O–H groups in total. The molecule has 0 saturated heterocycles. The van der Waals surface area contributed by atoms with Gasteiger partial charge in [0.1, 0.15) is 16.4 Å². The van der Waals surface area contributed by atoms with Gasteiger partial charge in [-0.15, -0.1) is 0 Å². The fraction of sp³-hybridized carbons (Fsp3) is 0.115. The predicted octanol–water partition coefficient (Wildman–Crippen LogP) is 4.95. The number of amides is 2. The van der Waals surface area contributed by atoms with Crippen LogP contribution in [0.3, 0.4) is 0 Å². The van der Waals surface area contributed by atoms with Gasteiger partial charge >= 0.3 is 5.97 Å². The number of nitrogens with zero attached hydrogens (tertiary/aromatic N) is 1. The van der Waals surface area contributed by atoms with Crippen molar-refractivity contribution in [1.29, 1.82) is 0 Å². The van der Waals surface area contributed by atoms with E-state index in [9.17, 15) is 19.5 Å². The second kappa shape index (κ2) is 9.84. The first-order valence-electron chi connectivity index (χ1n) is 10.6. The van der Waals surface area contributed by atoms with E-state index in [0.717, 1.165) is 9.80 Å². The molecule has 2 amide bonds. The highest BCUT2D eigenvalue weighted by molar-refractivity contribution is 8.04. The van der Waals surface area contributed by atoms with Crippen LogP contribution in [0.2, 0.25) is 0 Å². The maximum atomic E-state index is 13.4. The maximum Gasteiger partial charge on any atom is 0.338 e. The molecule has 8 heteroatoms. The molecule has 1 aliphatic heterocycles. The first-order chi connectivity index (χ1) is 16.3. The molecule has 1 aliphatic rings. The van der Waals surface area contributed by atoms with E-state index in [-0.39, 0.29) is 22.5 Å². The first-order valence-corrected chi connectivity index (χ1v) is 11.4. The quantitative estimate of drug-likeness (QED) is 0.370. The van der Waals surface area contributed by atoms with E-state index in [0.29, 0.717) is 16.9 Å². The number of nitrogens with one attached hydrogen (secondary N) is 1. The molecule has 3 aromatic rings. The van der Waals surface area contributed by atoms with Crippen molar-refractivity contribution in [3.63, 3.8) is 0 Å². The lowest BCUT2D eigenvalue weighted by molar-refractivity contribution is -0.120. The molecule has 34 heavy (non-hydrogen) atoms. The molecule has 1 heterocycles. The van der Waals surface area contributed by atoms with E-state index < -0.39 is 17.8 Å². The number of phenols is 1. The SMILES string of the molecule is CC(C)OC(=O)c1ccc(N2C(=O)C(Nc3cccc(O)c3)=C(Sc3ccccc3)C2=O)cc1. The number of phenolic OH excluding ortho intramolecular Hbond substituents is 1. The van der Waals surface area contributed by atoms with Crippen molar-refractivity contribution in [1.82, 2.24) is 0 Å². The summed E-state index contributed by atoms with van der Waals surface area (Å²) < 4.78 is 5.19. The number of rotatable bonds is 7. The zero-order chi connectivity index (χ0) is 24.2. The molecule has 0 atom stereocenters. The smallest absolute Gasteiger partial charge is 0.338 e.